The summed E-state index contributed by atoms with van der Waals surface area (Å²) in [6, 6.07) is 6.10. The van der Waals surface area contributed by atoms with Crippen molar-refractivity contribution >= 4 is 29.7 Å². The van der Waals surface area contributed by atoms with E-state index < -0.39 is 0 Å². The smallest absolute Gasteiger partial charge is 0.191 e. The zero-order valence-electron chi connectivity index (χ0n) is 8.29. The van der Waals surface area contributed by atoms with Gasteiger partial charge in [-0.3, -0.25) is 5.43 Å². The van der Waals surface area contributed by atoms with Crippen LogP contribution in [0.4, 0.5) is 5.69 Å². The Labute approximate surface area is 89.2 Å². The summed E-state index contributed by atoms with van der Waals surface area (Å²) >= 11 is 4.97. The van der Waals surface area contributed by atoms with Crippen molar-refractivity contribution in [1.29, 1.82) is 0 Å². The van der Waals surface area contributed by atoms with Crippen molar-refractivity contribution < 1.29 is 0 Å². The van der Waals surface area contributed by atoms with Gasteiger partial charge >= 0.3 is 0 Å². The molecule has 0 aromatic heterocycles. The number of hydrogen-bond acceptors (Lipinski definition) is 2. The van der Waals surface area contributed by atoms with Gasteiger partial charge in [-0.15, -0.1) is 0 Å². The molecular weight excluding hydrogens is 194 g/mol. The van der Waals surface area contributed by atoms with Crippen LogP contribution in [-0.2, 0) is 0 Å². The molecule has 0 saturated heterocycles. The Morgan fingerprint density at radius 2 is 2.14 bits per heavy atom. The number of nitrogens with one attached hydrogen (secondary N) is 2. The number of thiocarbonyl (C=S) groups is 1. The van der Waals surface area contributed by atoms with Gasteiger partial charge in [0.15, 0.2) is 5.11 Å². The first-order valence-electron chi connectivity index (χ1n) is 4.23. The lowest BCUT2D eigenvalue weighted by Gasteiger charge is -2.09. The summed E-state index contributed by atoms with van der Waals surface area (Å²) in [5.41, 5.74) is 5.93. The van der Waals surface area contributed by atoms with Crippen LogP contribution in [0.3, 0.4) is 0 Å². The van der Waals surface area contributed by atoms with E-state index in [0.29, 0.717) is 5.11 Å². The van der Waals surface area contributed by atoms with E-state index >= 15 is 0 Å². The number of hydrogen-bond donors (Lipinski definition) is 2. The molecule has 1 aromatic rings. The second-order valence-electron chi connectivity index (χ2n) is 3.04. The molecule has 0 spiro atoms. The fraction of sp³-hybridized carbons (Fsp3) is 0.200. The predicted octanol–water partition coefficient (Wildman–Crippen LogP) is 2.21. The van der Waals surface area contributed by atoms with Crippen molar-refractivity contribution in [2.24, 2.45) is 5.10 Å². The first kappa shape index (κ1) is 10.7. The van der Waals surface area contributed by atoms with Gasteiger partial charge in [0.1, 0.15) is 0 Å². The van der Waals surface area contributed by atoms with Gasteiger partial charge in [0, 0.05) is 12.4 Å². The third-order valence-corrected chi connectivity index (χ3v) is 2.00. The number of rotatable bonds is 2. The van der Waals surface area contributed by atoms with E-state index in [2.05, 4.69) is 35.6 Å². The maximum atomic E-state index is 4.97. The molecule has 0 aliphatic carbocycles. The number of anilines is 1. The Kier molecular flexibility index (Phi) is 3.59. The van der Waals surface area contributed by atoms with Crippen molar-refractivity contribution in [3.8, 4) is 0 Å². The molecule has 2 N–H and O–H groups in total. The highest BCUT2D eigenvalue weighted by Gasteiger charge is 1.99. The lowest BCUT2D eigenvalue weighted by molar-refractivity contribution is 1.06. The van der Waals surface area contributed by atoms with Crippen molar-refractivity contribution in [3.63, 3.8) is 0 Å². The zero-order valence-corrected chi connectivity index (χ0v) is 9.11. The Bertz CT molecular complexity index is 360. The monoisotopic (exact) mass is 207 g/mol. The van der Waals surface area contributed by atoms with Crippen LogP contribution in [0.5, 0.6) is 0 Å². The molecule has 0 aliphatic heterocycles. The SMILES string of the molecule is C=NNC(=S)Nc1ccc(C)cc1C. The molecule has 0 fully saturated rings. The van der Waals surface area contributed by atoms with E-state index in [-0.39, 0.29) is 0 Å². The second-order valence-corrected chi connectivity index (χ2v) is 3.45. The van der Waals surface area contributed by atoms with Crippen LogP contribution < -0.4 is 10.7 Å². The third-order valence-electron chi connectivity index (χ3n) is 1.81. The molecule has 1 rings (SSSR count). The van der Waals surface area contributed by atoms with Gasteiger partial charge in [-0.25, -0.2) is 0 Å². The Morgan fingerprint density at radius 3 is 2.71 bits per heavy atom. The summed E-state index contributed by atoms with van der Waals surface area (Å²) in [5, 5.41) is 6.95. The van der Waals surface area contributed by atoms with Gasteiger partial charge in [0.2, 0.25) is 0 Å². The minimum absolute atomic E-state index is 0.451. The van der Waals surface area contributed by atoms with Crippen LogP contribution in [0, 0.1) is 13.8 Å². The summed E-state index contributed by atoms with van der Waals surface area (Å²) in [4.78, 5) is 0. The molecule has 0 atom stereocenters. The highest BCUT2D eigenvalue weighted by molar-refractivity contribution is 7.80. The molecule has 0 heterocycles. The molecule has 3 nitrogen and oxygen atoms in total. The van der Waals surface area contributed by atoms with Gasteiger partial charge in [-0.1, -0.05) is 17.7 Å². The lowest BCUT2D eigenvalue weighted by Crippen LogP contribution is -2.23. The van der Waals surface area contributed by atoms with Gasteiger partial charge in [-0.05, 0) is 37.7 Å². The van der Waals surface area contributed by atoms with E-state index in [9.17, 15) is 0 Å². The molecule has 14 heavy (non-hydrogen) atoms. The quantitative estimate of drug-likeness (QED) is 0.443. The van der Waals surface area contributed by atoms with Crippen LogP contribution >= 0.6 is 12.2 Å². The second kappa shape index (κ2) is 4.72. The fourth-order valence-electron chi connectivity index (χ4n) is 1.18. The topological polar surface area (TPSA) is 36.4 Å². The van der Waals surface area contributed by atoms with Crippen LogP contribution in [0.15, 0.2) is 23.3 Å². The van der Waals surface area contributed by atoms with E-state index in [1.807, 2.05) is 19.1 Å². The summed E-state index contributed by atoms with van der Waals surface area (Å²) in [5.74, 6) is 0. The standard InChI is InChI=1S/C10H13N3S/c1-7-4-5-9(8(2)6-7)12-10(14)13-11-3/h4-6H,3H2,1-2H3,(H2,12,13,14). The molecule has 1 aromatic carbocycles. The first-order valence-corrected chi connectivity index (χ1v) is 4.64. The highest BCUT2D eigenvalue weighted by Crippen LogP contribution is 2.15. The largest absolute Gasteiger partial charge is 0.331 e. The normalized spacial score (nSPS) is 9.29. The highest BCUT2D eigenvalue weighted by atomic mass is 32.1. The molecule has 0 aliphatic rings. The minimum atomic E-state index is 0.451. The Hall–Kier alpha value is -1.42. The van der Waals surface area contributed by atoms with Crippen molar-refractivity contribution in [3.05, 3.63) is 29.3 Å². The first-order chi connectivity index (χ1) is 6.63. The summed E-state index contributed by atoms with van der Waals surface area (Å²) in [6.07, 6.45) is 0. The molecular formula is C10H13N3S. The van der Waals surface area contributed by atoms with Crippen molar-refractivity contribution in [1.82, 2.24) is 5.43 Å². The molecule has 4 heteroatoms. The molecule has 0 radical (unpaired) electrons. The molecule has 0 saturated carbocycles. The van der Waals surface area contributed by atoms with Crippen LogP contribution in [0.25, 0.3) is 0 Å². The maximum Gasteiger partial charge on any atom is 0.191 e. The number of nitrogens with zero attached hydrogens (tertiary/aromatic N) is 1. The molecule has 74 valence electrons. The number of benzene rings is 1. The van der Waals surface area contributed by atoms with E-state index in [0.717, 1.165) is 11.3 Å². The van der Waals surface area contributed by atoms with Gasteiger partial charge < -0.3 is 5.32 Å². The fourth-order valence-corrected chi connectivity index (χ4v) is 1.35. The molecule has 0 amide bonds. The molecule has 0 unspecified atom stereocenters. The number of aryl methyl sites for hydroxylation is 2. The zero-order chi connectivity index (χ0) is 10.6. The third kappa shape index (κ3) is 2.81. The van der Waals surface area contributed by atoms with Gasteiger partial charge in [0.05, 0.1) is 0 Å². The lowest BCUT2D eigenvalue weighted by atomic mass is 10.1. The Balaban J connectivity index is 2.76. The van der Waals surface area contributed by atoms with Gasteiger partial charge in [0.25, 0.3) is 0 Å². The number of hydrazone groups is 1. The predicted molar refractivity (Wildman–Crippen MR) is 64.8 cm³/mol. The van der Waals surface area contributed by atoms with Crippen molar-refractivity contribution in [2.75, 3.05) is 5.32 Å². The van der Waals surface area contributed by atoms with Crippen LogP contribution in [0.1, 0.15) is 11.1 Å². The average molecular weight is 207 g/mol. The van der Waals surface area contributed by atoms with Crippen LogP contribution in [-0.4, -0.2) is 11.8 Å². The van der Waals surface area contributed by atoms with Gasteiger partial charge in [-0.2, -0.15) is 5.10 Å². The molecule has 0 bridgehead atoms. The average Bonchev–Trinajstić information content (AvgIpc) is 2.10. The summed E-state index contributed by atoms with van der Waals surface area (Å²) < 4.78 is 0. The maximum absolute atomic E-state index is 4.97. The van der Waals surface area contributed by atoms with E-state index in [1.54, 1.807) is 0 Å². The Morgan fingerprint density at radius 1 is 1.43 bits per heavy atom. The van der Waals surface area contributed by atoms with E-state index in [1.165, 1.54) is 5.56 Å². The van der Waals surface area contributed by atoms with Crippen molar-refractivity contribution in [2.45, 2.75) is 13.8 Å². The van der Waals surface area contributed by atoms with E-state index in [4.69, 9.17) is 12.2 Å². The van der Waals surface area contributed by atoms with Crippen LogP contribution in [0.2, 0.25) is 0 Å². The summed E-state index contributed by atoms with van der Waals surface area (Å²) in [7, 11) is 0. The minimum Gasteiger partial charge on any atom is -0.331 e. The summed E-state index contributed by atoms with van der Waals surface area (Å²) in [6.45, 7) is 7.37.